The Morgan fingerprint density at radius 2 is 1.88 bits per heavy atom. The third-order valence-corrected chi connectivity index (χ3v) is 5.13. The molecule has 8 nitrogen and oxygen atoms in total. The lowest BCUT2D eigenvalue weighted by Crippen LogP contribution is -2.18. The first-order valence-electron chi connectivity index (χ1n) is 10.3. The molecule has 0 saturated carbocycles. The summed E-state index contributed by atoms with van der Waals surface area (Å²) in [5, 5.41) is 21.2. The number of aromatic hydroxyl groups is 1. The Morgan fingerprint density at radius 1 is 1.12 bits per heavy atom. The number of hydrazone groups is 1. The summed E-state index contributed by atoms with van der Waals surface area (Å²) in [6.45, 7) is 0.431. The van der Waals surface area contributed by atoms with E-state index < -0.39 is 5.91 Å². The molecular formula is C25H21ClN4O4. The molecule has 0 aliphatic rings. The number of hydrogen-bond donors (Lipinski definition) is 3. The van der Waals surface area contributed by atoms with Crippen molar-refractivity contribution >= 4 is 23.7 Å². The molecule has 0 spiro atoms. The number of benzene rings is 3. The highest BCUT2D eigenvalue weighted by molar-refractivity contribution is 6.30. The molecule has 0 bridgehead atoms. The number of nitrogens with zero attached hydrogens (tertiary/aromatic N) is 2. The summed E-state index contributed by atoms with van der Waals surface area (Å²) in [5.41, 5.74) is 5.81. The van der Waals surface area contributed by atoms with E-state index in [1.54, 1.807) is 18.2 Å². The van der Waals surface area contributed by atoms with E-state index in [-0.39, 0.29) is 11.4 Å². The van der Waals surface area contributed by atoms with Gasteiger partial charge in [-0.25, -0.2) is 5.43 Å². The van der Waals surface area contributed by atoms with Crippen LogP contribution < -0.4 is 14.9 Å². The summed E-state index contributed by atoms with van der Waals surface area (Å²) < 4.78 is 10.8. The maximum absolute atomic E-state index is 12.4. The van der Waals surface area contributed by atoms with E-state index in [1.807, 2.05) is 48.5 Å². The molecule has 1 amide bonds. The Balaban J connectivity index is 1.34. The van der Waals surface area contributed by atoms with Crippen LogP contribution in [0.25, 0.3) is 11.3 Å². The number of phenolic OH excluding ortho intramolecular Hbond substituents is 1. The van der Waals surface area contributed by atoms with Crippen LogP contribution in [0.4, 0.5) is 0 Å². The largest absolute Gasteiger partial charge is 0.504 e. The van der Waals surface area contributed by atoms with Gasteiger partial charge in [0.2, 0.25) is 0 Å². The average Bonchev–Trinajstić information content (AvgIpc) is 3.35. The lowest BCUT2D eigenvalue weighted by molar-refractivity contribution is 0.0950. The fourth-order valence-corrected chi connectivity index (χ4v) is 3.18. The standard InChI is InChI=1S/C25H21ClN4O4/c1-33-24-12-17(4-11-23(24)31)14-27-30-25(32)22-13-21(28-29-22)18-5-9-20(10-6-18)34-15-16-2-7-19(26)8-3-16/h2-14,31H,15H2,1H3,(H,28,29)(H,30,32). The molecule has 0 atom stereocenters. The molecule has 4 rings (SSSR count). The smallest absolute Gasteiger partial charge is 0.289 e. The first kappa shape index (κ1) is 22.9. The predicted octanol–water partition coefficient (Wildman–Crippen LogP) is 4.79. The lowest BCUT2D eigenvalue weighted by Gasteiger charge is -2.07. The van der Waals surface area contributed by atoms with Crippen molar-refractivity contribution in [3.8, 4) is 28.5 Å². The van der Waals surface area contributed by atoms with Gasteiger partial charge in [0.05, 0.1) is 19.0 Å². The van der Waals surface area contributed by atoms with Crippen LogP contribution in [0.2, 0.25) is 5.02 Å². The normalized spacial score (nSPS) is 10.9. The van der Waals surface area contributed by atoms with Gasteiger partial charge < -0.3 is 14.6 Å². The maximum Gasteiger partial charge on any atom is 0.289 e. The summed E-state index contributed by atoms with van der Waals surface area (Å²) in [6, 6.07) is 21.3. The van der Waals surface area contributed by atoms with Crippen molar-refractivity contribution in [1.29, 1.82) is 0 Å². The number of methoxy groups -OCH3 is 1. The van der Waals surface area contributed by atoms with Gasteiger partial charge in [-0.05, 0) is 71.8 Å². The monoisotopic (exact) mass is 476 g/mol. The minimum absolute atomic E-state index is 0.0230. The van der Waals surface area contributed by atoms with Gasteiger partial charge in [0.25, 0.3) is 5.91 Å². The number of phenols is 1. The van der Waals surface area contributed by atoms with Gasteiger partial charge in [0, 0.05) is 10.6 Å². The summed E-state index contributed by atoms with van der Waals surface area (Å²) in [6.07, 6.45) is 1.44. The van der Waals surface area contributed by atoms with Crippen LogP contribution >= 0.6 is 11.6 Å². The molecule has 0 unspecified atom stereocenters. The molecular weight excluding hydrogens is 456 g/mol. The summed E-state index contributed by atoms with van der Waals surface area (Å²) in [7, 11) is 1.45. The molecule has 4 aromatic rings. The Kier molecular flexibility index (Phi) is 7.10. The van der Waals surface area contributed by atoms with Gasteiger partial charge >= 0.3 is 0 Å². The van der Waals surface area contributed by atoms with Crippen LogP contribution in [-0.4, -0.2) is 34.5 Å². The number of ether oxygens (including phenoxy) is 2. The first-order valence-corrected chi connectivity index (χ1v) is 10.6. The number of rotatable bonds is 8. The zero-order valence-electron chi connectivity index (χ0n) is 18.2. The van der Waals surface area contributed by atoms with Crippen molar-refractivity contribution in [2.24, 2.45) is 5.10 Å². The molecule has 9 heteroatoms. The van der Waals surface area contributed by atoms with Crippen molar-refractivity contribution in [2.75, 3.05) is 7.11 Å². The molecule has 34 heavy (non-hydrogen) atoms. The number of hydrogen-bond acceptors (Lipinski definition) is 6. The molecule has 0 aliphatic carbocycles. The van der Waals surface area contributed by atoms with E-state index in [0.29, 0.717) is 34.4 Å². The highest BCUT2D eigenvalue weighted by Crippen LogP contribution is 2.25. The van der Waals surface area contributed by atoms with Crippen LogP contribution in [0, 0.1) is 0 Å². The summed E-state index contributed by atoms with van der Waals surface area (Å²) >= 11 is 5.90. The highest BCUT2D eigenvalue weighted by Gasteiger charge is 2.11. The SMILES string of the molecule is COc1cc(C=NNC(=O)c2cc(-c3ccc(OCc4ccc(Cl)cc4)cc3)n[nH]2)ccc1O. The van der Waals surface area contributed by atoms with Crippen molar-refractivity contribution in [1.82, 2.24) is 15.6 Å². The van der Waals surface area contributed by atoms with E-state index in [9.17, 15) is 9.90 Å². The lowest BCUT2D eigenvalue weighted by atomic mass is 10.1. The molecule has 172 valence electrons. The molecule has 1 heterocycles. The Morgan fingerprint density at radius 3 is 2.62 bits per heavy atom. The van der Waals surface area contributed by atoms with Crippen molar-refractivity contribution in [3.63, 3.8) is 0 Å². The van der Waals surface area contributed by atoms with Crippen LogP contribution in [0.15, 0.2) is 77.9 Å². The highest BCUT2D eigenvalue weighted by atomic mass is 35.5. The predicted molar refractivity (Wildman–Crippen MR) is 130 cm³/mol. The zero-order chi connectivity index (χ0) is 23.9. The third kappa shape index (κ3) is 5.73. The summed E-state index contributed by atoms with van der Waals surface area (Å²) in [4.78, 5) is 12.4. The fourth-order valence-electron chi connectivity index (χ4n) is 3.06. The number of carbonyl (C=O) groups excluding carboxylic acids is 1. The summed E-state index contributed by atoms with van der Waals surface area (Å²) in [5.74, 6) is 0.612. The second-order valence-electron chi connectivity index (χ2n) is 7.24. The minimum atomic E-state index is -0.441. The van der Waals surface area contributed by atoms with Gasteiger partial charge in [-0.15, -0.1) is 0 Å². The number of aromatic nitrogens is 2. The second kappa shape index (κ2) is 10.5. The van der Waals surface area contributed by atoms with E-state index in [1.165, 1.54) is 19.4 Å². The van der Waals surface area contributed by atoms with Gasteiger partial charge in [0.1, 0.15) is 18.1 Å². The molecule has 0 aliphatic heterocycles. The minimum Gasteiger partial charge on any atom is -0.504 e. The Labute approximate surface area is 200 Å². The van der Waals surface area contributed by atoms with Crippen LogP contribution in [0.5, 0.6) is 17.2 Å². The molecule has 0 radical (unpaired) electrons. The van der Waals surface area contributed by atoms with Gasteiger partial charge in [-0.3, -0.25) is 9.89 Å². The average molecular weight is 477 g/mol. The number of carbonyl (C=O) groups is 1. The first-order chi connectivity index (χ1) is 16.5. The number of amides is 1. The van der Waals surface area contributed by atoms with Crippen LogP contribution in [-0.2, 0) is 6.61 Å². The van der Waals surface area contributed by atoms with E-state index in [4.69, 9.17) is 21.1 Å². The van der Waals surface area contributed by atoms with E-state index >= 15 is 0 Å². The molecule has 0 fully saturated rings. The number of H-pyrrole nitrogens is 1. The van der Waals surface area contributed by atoms with Crippen molar-refractivity contribution < 1.29 is 19.4 Å². The van der Waals surface area contributed by atoms with E-state index in [0.717, 1.165) is 11.1 Å². The quantitative estimate of drug-likeness (QED) is 0.250. The van der Waals surface area contributed by atoms with E-state index in [2.05, 4.69) is 20.7 Å². The number of aromatic amines is 1. The van der Waals surface area contributed by atoms with Crippen LogP contribution in [0.3, 0.4) is 0 Å². The Bertz CT molecular complexity index is 1300. The number of nitrogens with one attached hydrogen (secondary N) is 2. The van der Waals surface area contributed by atoms with Gasteiger partial charge in [0.15, 0.2) is 11.5 Å². The number of halogens is 1. The third-order valence-electron chi connectivity index (χ3n) is 4.87. The molecule has 3 N–H and O–H groups in total. The topological polar surface area (TPSA) is 109 Å². The van der Waals surface area contributed by atoms with Crippen molar-refractivity contribution in [2.45, 2.75) is 6.61 Å². The molecule has 0 saturated heterocycles. The molecule has 3 aromatic carbocycles. The van der Waals surface area contributed by atoms with Crippen LogP contribution in [0.1, 0.15) is 21.6 Å². The zero-order valence-corrected chi connectivity index (χ0v) is 18.9. The van der Waals surface area contributed by atoms with Gasteiger partial charge in [-0.2, -0.15) is 10.2 Å². The Hall–Kier alpha value is -4.30. The van der Waals surface area contributed by atoms with Crippen molar-refractivity contribution in [3.05, 3.63) is 94.6 Å². The van der Waals surface area contributed by atoms with Gasteiger partial charge in [-0.1, -0.05) is 23.7 Å². The maximum atomic E-state index is 12.4. The molecule has 1 aromatic heterocycles. The second-order valence-corrected chi connectivity index (χ2v) is 7.67. The fraction of sp³-hybridized carbons (Fsp3) is 0.0800.